The Labute approximate surface area is 190 Å². The molecule has 0 unspecified atom stereocenters. The van der Waals surface area contributed by atoms with Crippen LogP contribution in [0.5, 0.6) is 11.5 Å². The highest BCUT2D eigenvalue weighted by molar-refractivity contribution is 5.51. The van der Waals surface area contributed by atoms with E-state index in [1.165, 1.54) is 44.1 Å². The molecule has 168 valence electrons. The maximum absolute atomic E-state index is 9.48. The fraction of sp³-hybridized carbons (Fsp3) is 0.500. The summed E-state index contributed by atoms with van der Waals surface area (Å²) >= 11 is 0. The summed E-state index contributed by atoms with van der Waals surface area (Å²) in [6.07, 6.45) is 8.14. The Morgan fingerprint density at radius 1 is 0.875 bits per heavy atom. The molecule has 0 radical (unpaired) electrons. The van der Waals surface area contributed by atoms with Gasteiger partial charge in [-0.2, -0.15) is 0 Å². The molecule has 0 heterocycles. The van der Waals surface area contributed by atoms with Gasteiger partial charge in [0.2, 0.25) is 0 Å². The molecule has 32 heavy (non-hydrogen) atoms. The van der Waals surface area contributed by atoms with E-state index in [1.807, 2.05) is 12.1 Å². The summed E-state index contributed by atoms with van der Waals surface area (Å²) in [6, 6.07) is 13.5. The Bertz CT molecular complexity index is 963. The standard InChI is InChI=1S/C28H32O4/c1-30-10-11-31-19-32-27-15-21(3-2-20-4-7-25(29)8-5-20)6-9-26(27)28-16-22-12-23(17-28)14-24(13-22)18-28/h4-9,15,22-24,29H,10-14,16-19H2,1H3. The first-order chi connectivity index (χ1) is 15.6. The zero-order chi connectivity index (χ0) is 22.0. The molecule has 4 aliphatic carbocycles. The van der Waals surface area contributed by atoms with Gasteiger partial charge in [-0.25, -0.2) is 0 Å². The van der Waals surface area contributed by atoms with Gasteiger partial charge in [-0.05, 0) is 98.1 Å². The molecule has 4 nitrogen and oxygen atoms in total. The van der Waals surface area contributed by atoms with Crippen LogP contribution in [0, 0.1) is 29.6 Å². The molecule has 4 aliphatic rings. The van der Waals surface area contributed by atoms with Crippen molar-refractivity contribution in [2.45, 2.75) is 43.9 Å². The van der Waals surface area contributed by atoms with Gasteiger partial charge in [-0.15, -0.1) is 0 Å². The number of hydrogen-bond donors (Lipinski definition) is 1. The minimum Gasteiger partial charge on any atom is -0.508 e. The van der Waals surface area contributed by atoms with Crippen molar-refractivity contribution in [3.05, 3.63) is 59.2 Å². The van der Waals surface area contributed by atoms with Gasteiger partial charge in [0.05, 0.1) is 13.2 Å². The van der Waals surface area contributed by atoms with Crippen molar-refractivity contribution in [1.82, 2.24) is 0 Å². The second kappa shape index (κ2) is 9.17. The van der Waals surface area contributed by atoms with Gasteiger partial charge in [0, 0.05) is 23.8 Å². The van der Waals surface area contributed by atoms with Gasteiger partial charge in [-0.1, -0.05) is 17.9 Å². The molecular weight excluding hydrogens is 400 g/mol. The van der Waals surface area contributed by atoms with E-state index in [4.69, 9.17) is 14.2 Å². The highest BCUT2D eigenvalue weighted by atomic mass is 16.7. The number of rotatable bonds is 7. The van der Waals surface area contributed by atoms with Crippen LogP contribution >= 0.6 is 0 Å². The lowest BCUT2D eigenvalue weighted by atomic mass is 9.48. The summed E-state index contributed by atoms with van der Waals surface area (Å²) in [5.74, 6) is 10.2. The van der Waals surface area contributed by atoms with Crippen LogP contribution in [0.15, 0.2) is 42.5 Å². The number of hydrogen-bond acceptors (Lipinski definition) is 4. The van der Waals surface area contributed by atoms with Crippen molar-refractivity contribution in [2.24, 2.45) is 17.8 Å². The van der Waals surface area contributed by atoms with E-state index in [0.29, 0.717) is 13.2 Å². The Balaban J connectivity index is 1.42. The quantitative estimate of drug-likeness (QED) is 0.368. The predicted octanol–water partition coefficient (Wildman–Crippen LogP) is 5.26. The summed E-state index contributed by atoms with van der Waals surface area (Å²) in [7, 11) is 1.67. The molecule has 0 saturated heterocycles. The summed E-state index contributed by atoms with van der Waals surface area (Å²) in [6.45, 7) is 1.30. The minimum atomic E-state index is 0.220. The second-order valence-electron chi connectivity index (χ2n) is 9.87. The molecule has 0 aliphatic heterocycles. The monoisotopic (exact) mass is 432 g/mol. The molecule has 6 rings (SSSR count). The number of ether oxygens (including phenoxy) is 3. The van der Waals surface area contributed by atoms with Crippen LogP contribution in [0.3, 0.4) is 0 Å². The van der Waals surface area contributed by atoms with E-state index in [9.17, 15) is 5.11 Å². The fourth-order valence-corrected chi connectivity index (χ4v) is 6.59. The van der Waals surface area contributed by atoms with Crippen molar-refractivity contribution in [2.75, 3.05) is 27.1 Å². The van der Waals surface area contributed by atoms with Gasteiger partial charge >= 0.3 is 0 Å². The van der Waals surface area contributed by atoms with Crippen LogP contribution in [0.4, 0.5) is 0 Å². The summed E-state index contributed by atoms with van der Waals surface area (Å²) in [5.41, 5.74) is 3.40. The highest BCUT2D eigenvalue weighted by Crippen LogP contribution is 2.61. The molecule has 4 saturated carbocycles. The van der Waals surface area contributed by atoms with E-state index in [0.717, 1.165) is 34.6 Å². The molecule has 4 heteroatoms. The third kappa shape index (κ3) is 4.51. The van der Waals surface area contributed by atoms with Gasteiger partial charge in [0.25, 0.3) is 0 Å². The van der Waals surface area contributed by atoms with Crippen molar-refractivity contribution in [1.29, 1.82) is 0 Å². The zero-order valence-electron chi connectivity index (χ0n) is 18.8. The van der Waals surface area contributed by atoms with Crippen molar-refractivity contribution in [3.8, 4) is 23.3 Å². The normalized spacial score (nSPS) is 27.7. The van der Waals surface area contributed by atoms with Gasteiger partial charge in [0.1, 0.15) is 11.5 Å². The first-order valence-corrected chi connectivity index (χ1v) is 11.8. The molecule has 0 spiro atoms. The van der Waals surface area contributed by atoms with Crippen molar-refractivity contribution >= 4 is 0 Å². The molecular formula is C28H32O4. The largest absolute Gasteiger partial charge is 0.508 e. The maximum Gasteiger partial charge on any atom is 0.189 e. The minimum absolute atomic E-state index is 0.220. The van der Waals surface area contributed by atoms with E-state index in [2.05, 4.69) is 30.0 Å². The molecule has 0 atom stereocenters. The van der Waals surface area contributed by atoms with Crippen LogP contribution in [-0.4, -0.2) is 32.2 Å². The van der Waals surface area contributed by atoms with Crippen LogP contribution in [0.1, 0.15) is 55.2 Å². The number of methoxy groups -OCH3 is 1. The molecule has 4 fully saturated rings. The second-order valence-corrected chi connectivity index (χ2v) is 9.87. The van der Waals surface area contributed by atoms with E-state index in [-0.39, 0.29) is 18.0 Å². The molecule has 1 N–H and O–H groups in total. The highest BCUT2D eigenvalue weighted by Gasteiger charge is 2.52. The number of phenols is 1. The zero-order valence-corrected chi connectivity index (χ0v) is 18.8. The predicted molar refractivity (Wildman–Crippen MR) is 124 cm³/mol. The van der Waals surface area contributed by atoms with Gasteiger partial charge < -0.3 is 19.3 Å². The fourth-order valence-electron chi connectivity index (χ4n) is 6.59. The Hall–Kier alpha value is -2.48. The lowest BCUT2D eigenvalue weighted by Gasteiger charge is -2.57. The Morgan fingerprint density at radius 3 is 2.16 bits per heavy atom. The smallest absolute Gasteiger partial charge is 0.189 e. The lowest BCUT2D eigenvalue weighted by Crippen LogP contribution is -2.48. The number of benzene rings is 2. The topological polar surface area (TPSA) is 47.9 Å². The molecule has 2 aromatic carbocycles. The summed E-state index contributed by atoms with van der Waals surface area (Å²) < 4.78 is 16.9. The third-order valence-corrected chi connectivity index (χ3v) is 7.54. The third-order valence-electron chi connectivity index (χ3n) is 7.54. The molecule has 4 bridgehead atoms. The van der Waals surface area contributed by atoms with Crippen molar-refractivity contribution < 1.29 is 19.3 Å². The first kappa shape index (κ1) is 21.4. The molecule has 0 aromatic heterocycles. The molecule has 2 aromatic rings. The van der Waals surface area contributed by atoms with E-state index >= 15 is 0 Å². The van der Waals surface area contributed by atoms with E-state index in [1.54, 1.807) is 19.2 Å². The lowest BCUT2D eigenvalue weighted by molar-refractivity contribution is -0.0189. The number of aromatic hydroxyl groups is 1. The van der Waals surface area contributed by atoms with Crippen LogP contribution in [0.25, 0.3) is 0 Å². The van der Waals surface area contributed by atoms with Gasteiger partial charge in [0.15, 0.2) is 6.79 Å². The maximum atomic E-state index is 9.48. The first-order valence-electron chi connectivity index (χ1n) is 11.8. The van der Waals surface area contributed by atoms with Crippen molar-refractivity contribution in [3.63, 3.8) is 0 Å². The SMILES string of the molecule is COCCOCOc1cc(C#Cc2ccc(O)cc2)ccc1C12CC3CC(CC(C3)C1)C2. The molecule has 0 amide bonds. The van der Waals surface area contributed by atoms with Gasteiger partial charge in [-0.3, -0.25) is 0 Å². The van der Waals surface area contributed by atoms with Crippen LogP contribution in [0.2, 0.25) is 0 Å². The Kier molecular flexibility index (Phi) is 6.13. The average molecular weight is 433 g/mol. The van der Waals surface area contributed by atoms with Crippen LogP contribution in [-0.2, 0) is 14.9 Å². The van der Waals surface area contributed by atoms with Crippen LogP contribution < -0.4 is 4.74 Å². The Morgan fingerprint density at radius 2 is 1.50 bits per heavy atom. The number of phenolic OH excluding ortho intramolecular Hbond substituents is 1. The average Bonchev–Trinajstić information content (AvgIpc) is 2.78. The summed E-state index contributed by atoms with van der Waals surface area (Å²) in [5, 5.41) is 9.48. The summed E-state index contributed by atoms with van der Waals surface area (Å²) in [4.78, 5) is 0. The van der Waals surface area contributed by atoms with E-state index < -0.39 is 0 Å².